The quantitative estimate of drug-likeness (QED) is 0.245. The number of carboxylic acid groups (broad SMARTS) is 2. The van der Waals surface area contributed by atoms with E-state index in [0.29, 0.717) is 12.8 Å². The molecule has 1 heterocycles. The number of hydrogen-bond donors (Lipinski definition) is 6. The van der Waals surface area contributed by atoms with Crippen molar-refractivity contribution in [3.8, 4) is 0 Å². The first-order valence-electron chi connectivity index (χ1n) is 11.6. The van der Waals surface area contributed by atoms with E-state index in [1.807, 2.05) is 0 Å². The van der Waals surface area contributed by atoms with Gasteiger partial charge in [0, 0.05) is 12.8 Å². The van der Waals surface area contributed by atoms with Crippen molar-refractivity contribution in [2.75, 3.05) is 0 Å². The highest BCUT2D eigenvalue weighted by molar-refractivity contribution is 5.98. The minimum absolute atomic E-state index is 0.204. The first-order chi connectivity index (χ1) is 15.9. The van der Waals surface area contributed by atoms with Gasteiger partial charge in [-0.15, -0.1) is 0 Å². The molecular weight excluding hydrogens is 448 g/mol. The van der Waals surface area contributed by atoms with Crippen LogP contribution < -0.4 is 21.3 Å². The first-order valence-corrected chi connectivity index (χ1v) is 11.6. The third-order valence-electron chi connectivity index (χ3n) is 6.15. The lowest BCUT2D eigenvalue weighted by atomic mass is 9.95. The minimum Gasteiger partial charge on any atom is -0.481 e. The van der Waals surface area contributed by atoms with Crippen molar-refractivity contribution in [2.45, 2.75) is 90.4 Å². The molecule has 0 unspecified atom stereocenters. The molecule has 0 radical (unpaired) electrons. The summed E-state index contributed by atoms with van der Waals surface area (Å²) in [7, 11) is 0. The van der Waals surface area contributed by atoms with E-state index in [4.69, 9.17) is 10.2 Å². The summed E-state index contributed by atoms with van der Waals surface area (Å²) in [5, 5.41) is 28.3. The smallest absolute Gasteiger partial charge is 0.303 e. The van der Waals surface area contributed by atoms with Crippen molar-refractivity contribution in [1.82, 2.24) is 21.3 Å². The largest absolute Gasteiger partial charge is 0.481 e. The molecule has 192 valence electrons. The van der Waals surface area contributed by atoms with Crippen molar-refractivity contribution < 1.29 is 39.0 Å². The number of aliphatic carboxylic acids is 2. The van der Waals surface area contributed by atoms with Crippen molar-refractivity contribution in [3.63, 3.8) is 0 Å². The maximum atomic E-state index is 13.1. The SMILES string of the molecule is CC[C@@H](C)[C@H]1NC(=O)[C@@H](CCC(=O)O)NC(=O)[C@@H]([C@H](C)CC)NC(=O)[C@@H](CCC(=O)O)NC1=O. The standard InChI is InChI=1S/C22H36N4O8/c1-5-11(3)17-21(33)23-14(8-10-16(29)30)20(32)26-18(12(4)6-2)22(34)24-13(19(31)25-17)7-9-15(27)28/h11-14,17-18H,5-10H2,1-4H3,(H,23,33)(H,24,34)(H,25,31)(H,26,32)(H,27,28)(H,29,30)/t11-,12-,13-,14-,17-,18-/m1/s1. The Morgan fingerprint density at radius 2 is 1.00 bits per heavy atom. The summed E-state index contributed by atoms with van der Waals surface area (Å²) >= 11 is 0. The molecule has 4 amide bonds. The fourth-order valence-corrected chi connectivity index (χ4v) is 3.51. The van der Waals surface area contributed by atoms with Crippen molar-refractivity contribution in [2.24, 2.45) is 11.8 Å². The zero-order valence-electron chi connectivity index (χ0n) is 20.1. The average Bonchev–Trinajstić information content (AvgIpc) is 2.78. The molecule has 0 aromatic carbocycles. The fraction of sp³-hybridized carbons (Fsp3) is 0.727. The number of carboxylic acids is 2. The summed E-state index contributed by atoms with van der Waals surface area (Å²) in [6, 6.07) is -4.61. The summed E-state index contributed by atoms with van der Waals surface area (Å²) in [6.45, 7) is 7.03. The highest BCUT2D eigenvalue weighted by Crippen LogP contribution is 2.14. The lowest BCUT2D eigenvalue weighted by Crippen LogP contribution is -2.63. The van der Waals surface area contributed by atoms with Crippen LogP contribution in [0.15, 0.2) is 0 Å². The van der Waals surface area contributed by atoms with E-state index < -0.39 is 72.6 Å². The molecule has 0 saturated carbocycles. The normalized spacial score (nSPS) is 26.0. The average molecular weight is 485 g/mol. The van der Waals surface area contributed by atoms with E-state index in [2.05, 4.69) is 21.3 Å². The summed E-state index contributed by atoms with van der Waals surface area (Å²) < 4.78 is 0. The molecule has 6 N–H and O–H groups in total. The molecule has 1 fully saturated rings. The maximum Gasteiger partial charge on any atom is 0.303 e. The third kappa shape index (κ3) is 8.64. The van der Waals surface area contributed by atoms with Gasteiger partial charge in [-0.05, 0) is 24.7 Å². The van der Waals surface area contributed by atoms with Crippen LogP contribution in [0.5, 0.6) is 0 Å². The monoisotopic (exact) mass is 484 g/mol. The highest BCUT2D eigenvalue weighted by Gasteiger charge is 2.37. The Kier molecular flexibility index (Phi) is 11.5. The predicted molar refractivity (Wildman–Crippen MR) is 120 cm³/mol. The Bertz CT molecular complexity index is 723. The molecule has 1 rings (SSSR count). The molecule has 0 aromatic heterocycles. The number of amides is 4. The van der Waals surface area contributed by atoms with E-state index in [-0.39, 0.29) is 24.7 Å². The second kappa shape index (κ2) is 13.5. The van der Waals surface area contributed by atoms with Crippen LogP contribution in [0.25, 0.3) is 0 Å². The lowest BCUT2D eigenvalue weighted by Gasteiger charge is -2.32. The lowest BCUT2D eigenvalue weighted by molar-refractivity contribution is -0.140. The highest BCUT2D eigenvalue weighted by atomic mass is 16.4. The van der Waals surface area contributed by atoms with Gasteiger partial charge in [-0.2, -0.15) is 0 Å². The maximum absolute atomic E-state index is 13.1. The molecule has 0 bridgehead atoms. The summed E-state index contributed by atoms with van der Waals surface area (Å²) in [6.07, 6.45) is -0.208. The van der Waals surface area contributed by atoms with Gasteiger partial charge in [0.1, 0.15) is 24.2 Å². The molecule has 0 aromatic rings. The Hall–Kier alpha value is -3.18. The van der Waals surface area contributed by atoms with Gasteiger partial charge in [-0.3, -0.25) is 28.8 Å². The third-order valence-corrected chi connectivity index (χ3v) is 6.15. The molecule has 1 saturated heterocycles. The van der Waals surface area contributed by atoms with Gasteiger partial charge in [0.15, 0.2) is 0 Å². The van der Waals surface area contributed by atoms with Gasteiger partial charge in [0.25, 0.3) is 0 Å². The second-order valence-corrected chi connectivity index (χ2v) is 8.73. The molecule has 12 nitrogen and oxygen atoms in total. The van der Waals surface area contributed by atoms with Gasteiger partial charge in [0.2, 0.25) is 23.6 Å². The van der Waals surface area contributed by atoms with Gasteiger partial charge < -0.3 is 31.5 Å². The van der Waals surface area contributed by atoms with Crippen LogP contribution in [0.3, 0.4) is 0 Å². The molecule has 1 aliphatic heterocycles. The number of carbonyl (C=O) groups excluding carboxylic acids is 4. The van der Waals surface area contributed by atoms with Crippen molar-refractivity contribution in [3.05, 3.63) is 0 Å². The number of rotatable bonds is 10. The summed E-state index contributed by atoms with van der Waals surface area (Å²) in [4.78, 5) is 74.3. The minimum atomic E-state index is -1.23. The Morgan fingerprint density at radius 1 is 0.676 bits per heavy atom. The van der Waals surface area contributed by atoms with Gasteiger partial charge in [0.05, 0.1) is 0 Å². The number of carbonyl (C=O) groups is 6. The molecular formula is C22H36N4O8. The first kappa shape index (κ1) is 28.9. The Morgan fingerprint density at radius 3 is 1.26 bits per heavy atom. The molecule has 6 atom stereocenters. The van der Waals surface area contributed by atoms with Gasteiger partial charge in [-0.1, -0.05) is 40.5 Å². The van der Waals surface area contributed by atoms with Gasteiger partial charge >= 0.3 is 11.9 Å². The van der Waals surface area contributed by atoms with Crippen LogP contribution >= 0.6 is 0 Å². The summed E-state index contributed by atoms with van der Waals surface area (Å²) in [5.74, 6) is -5.80. The predicted octanol–water partition coefficient (Wildman–Crippen LogP) is -0.239. The van der Waals surface area contributed by atoms with E-state index >= 15 is 0 Å². The molecule has 0 aliphatic carbocycles. The van der Waals surface area contributed by atoms with Crippen LogP contribution in [-0.4, -0.2) is 69.9 Å². The van der Waals surface area contributed by atoms with E-state index in [1.165, 1.54) is 0 Å². The Labute approximate surface area is 198 Å². The number of hydrogen-bond acceptors (Lipinski definition) is 6. The molecule has 1 aliphatic rings. The van der Waals surface area contributed by atoms with Crippen LogP contribution in [0.2, 0.25) is 0 Å². The van der Waals surface area contributed by atoms with Crippen LogP contribution in [0.1, 0.15) is 66.2 Å². The zero-order valence-corrected chi connectivity index (χ0v) is 20.1. The van der Waals surface area contributed by atoms with E-state index in [1.54, 1.807) is 27.7 Å². The summed E-state index contributed by atoms with van der Waals surface area (Å²) in [5.41, 5.74) is 0. The zero-order chi connectivity index (χ0) is 26.0. The molecule has 0 spiro atoms. The number of nitrogens with one attached hydrogen (secondary N) is 4. The van der Waals surface area contributed by atoms with Crippen LogP contribution in [0, 0.1) is 11.8 Å². The topological polar surface area (TPSA) is 191 Å². The van der Waals surface area contributed by atoms with Crippen molar-refractivity contribution >= 4 is 35.6 Å². The molecule has 12 heteroatoms. The Balaban J connectivity index is 3.41. The van der Waals surface area contributed by atoms with E-state index in [9.17, 15) is 28.8 Å². The van der Waals surface area contributed by atoms with Crippen LogP contribution in [-0.2, 0) is 28.8 Å². The van der Waals surface area contributed by atoms with Gasteiger partial charge in [-0.25, -0.2) is 0 Å². The second-order valence-electron chi connectivity index (χ2n) is 8.73. The fourth-order valence-electron chi connectivity index (χ4n) is 3.51. The van der Waals surface area contributed by atoms with Crippen molar-refractivity contribution in [1.29, 1.82) is 0 Å². The molecule has 34 heavy (non-hydrogen) atoms. The van der Waals surface area contributed by atoms with E-state index in [0.717, 1.165) is 0 Å². The van der Waals surface area contributed by atoms with Crippen LogP contribution in [0.4, 0.5) is 0 Å².